The molecule has 19 heteroatoms. The third kappa shape index (κ3) is 23.7. The van der Waals surface area contributed by atoms with E-state index < -0.39 is 62.8 Å². The number of hydrogen-bond donors (Lipinski definition) is 0. The molecule has 1 aliphatic heterocycles. The number of rotatable bonds is 4. The summed E-state index contributed by atoms with van der Waals surface area (Å²) in [6.07, 6.45) is -18.9. The summed E-state index contributed by atoms with van der Waals surface area (Å²) < 4.78 is 177. The molecule has 4 nitrogen and oxygen atoms in total. The van der Waals surface area contributed by atoms with Gasteiger partial charge in [-0.2, -0.15) is 39.5 Å². The van der Waals surface area contributed by atoms with Crippen molar-refractivity contribution < 1.29 is 84.8 Å². The second-order valence-electron chi connectivity index (χ2n) is 3.71. The highest BCUT2D eigenvalue weighted by atomic mass is 19.5. The van der Waals surface area contributed by atoms with Gasteiger partial charge < -0.3 is 18.9 Å². The van der Waals surface area contributed by atoms with Crippen LogP contribution in [0.3, 0.4) is 0 Å². The van der Waals surface area contributed by atoms with E-state index in [2.05, 4.69) is 18.9 Å². The van der Waals surface area contributed by atoms with Gasteiger partial charge in [-0.25, -0.2) is 4.39 Å². The second kappa shape index (κ2) is 14.6. The molecule has 1 fully saturated rings. The Balaban J connectivity index is -0.000000378. The van der Waals surface area contributed by atoms with Gasteiger partial charge >= 0.3 is 42.8 Å². The van der Waals surface area contributed by atoms with Crippen LogP contribution in [0.25, 0.3) is 0 Å². The molecule has 0 amide bonds. The summed E-state index contributed by atoms with van der Waals surface area (Å²) in [4.78, 5) is 0. The SMILES string of the molecule is CF.FC(F)(F)F.FC(F)=C1OCC(F)(F)O1.FCOC(OCC(F)(F)F)=C(F)F. The predicted molar refractivity (Wildman–Crippen MR) is 63.7 cm³/mol. The summed E-state index contributed by atoms with van der Waals surface area (Å²) >= 11 is 0. The van der Waals surface area contributed by atoms with Crippen LogP contribution >= 0.6 is 0 Å². The van der Waals surface area contributed by atoms with Gasteiger partial charge in [0.2, 0.25) is 6.86 Å². The number of hydrogen-bond acceptors (Lipinski definition) is 4. The average molecular weight is 490 g/mol. The maximum atomic E-state index is 11.8. The van der Waals surface area contributed by atoms with E-state index in [4.69, 9.17) is 0 Å². The van der Waals surface area contributed by atoms with Crippen LogP contribution in [0.5, 0.6) is 0 Å². The van der Waals surface area contributed by atoms with Crippen molar-refractivity contribution in [2.24, 2.45) is 0 Å². The molecule has 0 aliphatic carbocycles. The van der Waals surface area contributed by atoms with E-state index in [0.717, 1.165) is 0 Å². The minimum Gasteiger partial charge on any atom is -0.452 e. The summed E-state index contributed by atoms with van der Waals surface area (Å²) in [5, 5.41) is 0. The Bertz CT molecular complexity index is 512. The standard InChI is InChI=1S/C5H4F6O2.C4H2F4O2.CF4.CH3F/c6-2-13-4(3(7)8)12-1-5(9,10)11;5-2(6)3-9-1-4(7,8)10-3;2-1(3,4)5;1-2/h1-2H2;1H2;;1H3. The van der Waals surface area contributed by atoms with Gasteiger partial charge in [-0.05, 0) is 0 Å². The van der Waals surface area contributed by atoms with Crippen LogP contribution in [0.2, 0.25) is 0 Å². The first kappa shape index (κ1) is 32.3. The molecular weight excluding hydrogens is 481 g/mol. The Morgan fingerprint density at radius 2 is 1.37 bits per heavy atom. The Morgan fingerprint density at radius 3 is 1.57 bits per heavy atom. The summed E-state index contributed by atoms with van der Waals surface area (Å²) in [5.41, 5.74) is 0. The Labute approximate surface area is 156 Å². The van der Waals surface area contributed by atoms with E-state index in [1.54, 1.807) is 0 Å². The van der Waals surface area contributed by atoms with E-state index in [1.807, 2.05) is 0 Å². The average Bonchev–Trinajstić information content (AvgIpc) is 2.91. The lowest BCUT2D eigenvalue weighted by atomic mass is 10.7. The maximum Gasteiger partial charge on any atom is 0.559 e. The number of ether oxygens (including phenoxy) is 4. The Hall–Kier alpha value is -2.37. The second-order valence-corrected chi connectivity index (χ2v) is 3.71. The first-order valence-electron chi connectivity index (χ1n) is 6.20. The number of alkyl halides is 11. The quantitative estimate of drug-likeness (QED) is 0.341. The van der Waals surface area contributed by atoms with Gasteiger partial charge in [0.05, 0.1) is 7.18 Å². The van der Waals surface area contributed by atoms with Crippen molar-refractivity contribution in [2.45, 2.75) is 18.7 Å². The van der Waals surface area contributed by atoms with Crippen LogP contribution < -0.4 is 0 Å². The zero-order chi connectivity index (χ0) is 24.8. The van der Waals surface area contributed by atoms with Crippen molar-refractivity contribution in [1.29, 1.82) is 0 Å². The molecule has 0 bridgehead atoms. The molecular formula is C11H9F15O4. The molecule has 0 unspecified atom stereocenters. The third-order valence-corrected chi connectivity index (χ3v) is 1.47. The van der Waals surface area contributed by atoms with E-state index in [1.165, 1.54) is 0 Å². The van der Waals surface area contributed by atoms with Crippen molar-refractivity contribution in [2.75, 3.05) is 27.3 Å². The molecule has 0 spiro atoms. The fourth-order valence-electron chi connectivity index (χ4n) is 0.785. The molecule has 1 heterocycles. The fraction of sp³-hybridized carbons (Fsp3) is 0.636. The molecule has 0 aromatic heterocycles. The minimum atomic E-state index is -5.50. The topological polar surface area (TPSA) is 36.9 Å². The summed E-state index contributed by atoms with van der Waals surface area (Å²) in [5.74, 6) is -3.13. The Kier molecular flexibility index (Phi) is 15.7. The summed E-state index contributed by atoms with van der Waals surface area (Å²) in [7, 11) is 0.500. The zero-order valence-corrected chi connectivity index (χ0v) is 13.9. The van der Waals surface area contributed by atoms with Crippen LogP contribution in [0.4, 0.5) is 65.9 Å². The maximum absolute atomic E-state index is 11.8. The van der Waals surface area contributed by atoms with Gasteiger partial charge in [-0.15, -0.1) is 17.6 Å². The molecule has 1 saturated heterocycles. The van der Waals surface area contributed by atoms with Gasteiger partial charge in [-0.3, -0.25) is 4.39 Å². The summed E-state index contributed by atoms with van der Waals surface area (Å²) in [6, 6.07) is 0. The first-order valence-corrected chi connectivity index (χ1v) is 6.20. The Morgan fingerprint density at radius 1 is 0.933 bits per heavy atom. The van der Waals surface area contributed by atoms with Gasteiger partial charge in [0.25, 0.3) is 0 Å². The molecule has 30 heavy (non-hydrogen) atoms. The van der Waals surface area contributed by atoms with Crippen LogP contribution in [0, 0.1) is 0 Å². The number of halogens is 15. The highest BCUT2D eigenvalue weighted by Gasteiger charge is 2.42. The van der Waals surface area contributed by atoms with E-state index in [9.17, 15) is 65.9 Å². The van der Waals surface area contributed by atoms with Crippen LogP contribution in [-0.2, 0) is 18.9 Å². The molecule has 0 N–H and O–H groups in total. The largest absolute Gasteiger partial charge is 0.559 e. The fourth-order valence-corrected chi connectivity index (χ4v) is 0.785. The van der Waals surface area contributed by atoms with Crippen LogP contribution in [-0.4, -0.2) is 46.0 Å². The lowest BCUT2D eigenvalue weighted by Gasteiger charge is -2.09. The van der Waals surface area contributed by atoms with Gasteiger partial charge in [0.15, 0.2) is 13.2 Å². The van der Waals surface area contributed by atoms with E-state index in [-0.39, 0.29) is 0 Å². The molecule has 0 radical (unpaired) electrons. The van der Waals surface area contributed by atoms with Gasteiger partial charge in [0, 0.05) is 0 Å². The molecule has 0 aromatic carbocycles. The van der Waals surface area contributed by atoms with Crippen LogP contribution in [0.1, 0.15) is 0 Å². The zero-order valence-electron chi connectivity index (χ0n) is 13.9. The minimum absolute atomic E-state index is 0.500. The monoisotopic (exact) mass is 490 g/mol. The predicted octanol–water partition coefficient (Wildman–Crippen LogP) is 6.33. The van der Waals surface area contributed by atoms with Crippen molar-refractivity contribution in [3.8, 4) is 0 Å². The highest BCUT2D eigenvalue weighted by Crippen LogP contribution is 2.30. The lowest BCUT2D eigenvalue weighted by Crippen LogP contribution is -2.17. The molecule has 1 rings (SSSR count). The van der Waals surface area contributed by atoms with Crippen LogP contribution in [0.15, 0.2) is 24.1 Å². The van der Waals surface area contributed by atoms with Crippen molar-refractivity contribution in [3.63, 3.8) is 0 Å². The van der Waals surface area contributed by atoms with Crippen molar-refractivity contribution in [1.82, 2.24) is 0 Å². The lowest BCUT2D eigenvalue weighted by molar-refractivity contribution is -0.237. The smallest absolute Gasteiger partial charge is 0.452 e. The first-order chi connectivity index (χ1) is 13.4. The van der Waals surface area contributed by atoms with E-state index in [0.29, 0.717) is 7.18 Å². The molecule has 0 aromatic rings. The molecule has 182 valence electrons. The van der Waals surface area contributed by atoms with Gasteiger partial charge in [-0.1, -0.05) is 0 Å². The summed E-state index contributed by atoms with van der Waals surface area (Å²) in [6.45, 7) is -4.80. The third-order valence-electron chi connectivity index (χ3n) is 1.47. The normalized spacial score (nSPS) is 14.2. The van der Waals surface area contributed by atoms with Crippen molar-refractivity contribution >= 4 is 0 Å². The van der Waals surface area contributed by atoms with Gasteiger partial charge in [0.1, 0.15) is 0 Å². The van der Waals surface area contributed by atoms with Crippen molar-refractivity contribution in [3.05, 3.63) is 24.1 Å². The molecule has 0 atom stereocenters. The highest BCUT2D eigenvalue weighted by molar-refractivity contribution is 4.88. The molecule has 1 aliphatic rings. The van der Waals surface area contributed by atoms with E-state index >= 15 is 0 Å². The molecule has 0 saturated carbocycles.